The number of hydrogen-bond donors (Lipinski definition) is 1. The van der Waals surface area contributed by atoms with Crippen molar-refractivity contribution >= 4 is 5.97 Å². The molecule has 0 amide bonds. The van der Waals surface area contributed by atoms with Gasteiger partial charge >= 0.3 is 5.97 Å². The number of likely N-dealkylation sites (tertiary alicyclic amines) is 1. The van der Waals surface area contributed by atoms with Crippen LogP contribution >= 0.6 is 0 Å². The van der Waals surface area contributed by atoms with Gasteiger partial charge in [-0.05, 0) is 32.9 Å². The number of carboxylic acids is 1. The van der Waals surface area contributed by atoms with E-state index in [0.717, 1.165) is 37.2 Å². The third-order valence-electron chi connectivity index (χ3n) is 3.31. The molecular formula is C11H17N3O2. The fourth-order valence-electron chi connectivity index (χ4n) is 2.27. The Balaban J connectivity index is 2.32. The zero-order valence-corrected chi connectivity index (χ0v) is 9.68. The normalized spacial score (nSPS) is 18.9. The van der Waals surface area contributed by atoms with E-state index in [2.05, 4.69) is 5.10 Å². The average molecular weight is 223 g/mol. The molecule has 0 bridgehead atoms. The summed E-state index contributed by atoms with van der Waals surface area (Å²) in [5.41, 5.74) is 1.75. The second kappa shape index (κ2) is 4.25. The van der Waals surface area contributed by atoms with Crippen LogP contribution in [0.2, 0.25) is 0 Å². The second-order valence-electron chi connectivity index (χ2n) is 4.29. The first-order valence-electron chi connectivity index (χ1n) is 5.56. The highest BCUT2D eigenvalue weighted by Crippen LogP contribution is 2.27. The molecule has 0 saturated carbocycles. The van der Waals surface area contributed by atoms with Crippen LogP contribution in [0.1, 0.15) is 30.1 Å². The van der Waals surface area contributed by atoms with E-state index in [-0.39, 0.29) is 0 Å². The van der Waals surface area contributed by atoms with Gasteiger partial charge in [0.2, 0.25) is 0 Å². The minimum Gasteiger partial charge on any atom is -0.480 e. The zero-order valence-electron chi connectivity index (χ0n) is 9.68. The minimum absolute atomic E-state index is 0.531. The van der Waals surface area contributed by atoms with Crippen molar-refractivity contribution in [1.29, 1.82) is 0 Å². The fraction of sp³-hybridized carbons (Fsp3) is 0.636. The van der Waals surface area contributed by atoms with Crippen molar-refractivity contribution in [3.05, 3.63) is 17.5 Å². The van der Waals surface area contributed by atoms with Gasteiger partial charge in [0.1, 0.15) is 6.04 Å². The highest BCUT2D eigenvalue weighted by Gasteiger charge is 2.31. The van der Waals surface area contributed by atoms with E-state index in [1.54, 1.807) is 10.9 Å². The Morgan fingerprint density at radius 3 is 2.56 bits per heavy atom. The Kier molecular flexibility index (Phi) is 2.96. The Morgan fingerprint density at radius 1 is 1.50 bits per heavy atom. The van der Waals surface area contributed by atoms with E-state index in [4.69, 9.17) is 0 Å². The predicted octanol–water partition coefficient (Wildman–Crippen LogP) is 0.950. The van der Waals surface area contributed by atoms with Gasteiger partial charge in [-0.2, -0.15) is 5.10 Å². The molecule has 0 aromatic carbocycles. The quantitative estimate of drug-likeness (QED) is 0.829. The highest BCUT2D eigenvalue weighted by molar-refractivity contribution is 5.75. The molecule has 1 aromatic rings. The molecule has 16 heavy (non-hydrogen) atoms. The van der Waals surface area contributed by atoms with Crippen LogP contribution in [0.5, 0.6) is 0 Å². The molecule has 1 N–H and O–H groups in total. The maximum absolute atomic E-state index is 11.4. The third-order valence-corrected chi connectivity index (χ3v) is 3.31. The van der Waals surface area contributed by atoms with Gasteiger partial charge < -0.3 is 5.11 Å². The lowest BCUT2D eigenvalue weighted by atomic mass is 10.1. The number of carboxylic acid groups (broad SMARTS) is 1. The molecule has 1 aliphatic heterocycles. The van der Waals surface area contributed by atoms with Gasteiger partial charge in [-0.3, -0.25) is 14.4 Å². The van der Waals surface area contributed by atoms with E-state index in [9.17, 15) is 9.90 Å². The molecule has 1 fully saturated rings. The summed E-state index contributed by atoms with van der Waals surface area (Å²) in [5, 5.41) is 13.5. The van der Waals surface area contributed by atoms with E-state index < -0.39 is 12.0 Å². The summed E-state index contributed by atoms with van der Waals surface area (Å²) in [4.78, 5) is 13.4. The van der Waals surface area contributed by atoms with Crippen LogP contribution in [0, 0.1) is 6.92 Å². The number of rotatable bonds is 3. The van der Waals surface area contributed by atoms with Crippen molar-refractivity contribution < 1.29 is 9.90 Å². The Labute approximate surface area is 94.7 Å². The molecule has 0 spiro atoms. The van der Waals surface area contributed by atoms with Crippen LogP contribution in [0.25, 0.3) is 0 Å². The first-order chi connectivity index (χ1) is 7.61. The van der Waals surface area contributed by atoms with Crippen molar-refractivity contribution in [2.75, 3.05) is 13.1 Å². The number of aliphatic carboxylic acids is 1. The number of hydrogen-bond acceptors (Lipinski definition) is 3. The van der Waals surface area contributed by atoms with Crippen molar-refractivity contribution in [1.82, 2.24) is 14.7 Å². The molecule has 88 valence electrons. The number of aryl methyl sites for hydroxylation is 1. The van der Waals surface area contributed by atoms with Crippen LogP contribution in [-0.2, 0) is 11.8 Å². The van der Waals surface area contributed by atoms with Gasteiger partial charge in [-0.25, -0.2) is 0 Å². The molecule has 1 saturated heterocycles. The van der Waals surface area contributed by atoms with Crippen LogP contribution in [-0.4, -0.2) is 38.8 Å². The summed E-state index contributed by atoms with van der Waals surface area (Å²) in [5.74, 6) is -0.780. The second-order valence-corrected chi connectivity index (χ2v) is 4.29. The molecule has 0 aliphatic carbocycles. The van der Waals surface area contributed by atoms with Gasteiger partial charge in [-0.1, -0.05) is 0 Å². The number of carbonyl (C=O) groups is 1. The van der Waals surface area contributed by atoms with Gasteiger partial charge in [0.25, 0.3) is 0 Å². The molecule has 2 rings (SSSR count). The topological polar surface area (TPSA) is 58.4 Å². The lowest BCUT2D eigenvalue weighted by Gasteiger charge is -2.23. The highest BCUT2D eigenvalue weighted by atomic mass is 16.4. The van der Waals surface area contributed by atoms with Crippen molar-refractivity contribution in [2.24, 2.45) is 7.05 Å². The molecular weight excluding hydrogens is 206 g/mol. The van der Waals surface area contributed by atoms with Crippen molar-refractivity contribution in [2.45, 2.75) is 25.8 Å². The van der Waals surface area contributed by atoms with E-state index in [1.165, 1.54) is 0 Å². The number of aromatic nitrogens is 2. The van der Waals surface area contributed by atoms with Gasteiger partial charge in [0.15, 0.2) is 0 Å². The summed E-state index contributed by atoms with van der Waals surface area (Å²) in [6.07, 6.45) is 3.85. The molecule has 1 atom stereocenters. The van der Waals surface area contributed by atoms with Crippen LogP contribution < -0.4 is 0 Å². The van der Waals surface area contributed by atoms with E-state index >= 15 is 0 Å². The van der Waals surface area contributed by atoms with Crippen LogP contribution in [0.3, 0.4) is 0 Å². The fourth-order valence-corrected chi connectivity index (χ4v) is 2.27. The number of nitrogens with zero attached hydrogens (tertiary/aromatic N) is 3. The minimum atomic E-state index is -0.780. The standard InChI is InChI=1S/C11H17N3O2/c1-8-9(7-12-13(8)2)10(11(15)16)14-5-3-4-6-14/h7,10H,3-6H2,1-2H3,(H,15,16). The molecule has 1 unspecified atom stereocenters. The van der Waals surface area contributed by atoms with Gasteiger partial charge in [-0.15, -0.1) is 0 Å². The lowest BCUT2D eigenvalue weighted by molar-refractivity contribution is -0.143. The first-order valence-corrected chi connectivity index (χ1v) is 5.56. The first kappa shape index (κ1) is 11.1. The maximum Gasteiger partial charge on any atom is 0.325 e. The largest absolute Gasteiger partial charge is 0.480 e. The van der Waals surface area contributed by atoms with Gasteiger partial charge in [0.05, 0.1) is 6.20 Å². The van der Waals surface area contributed by atoms with Crippen molar-refractivity contribution in [3.63, 3.8) is 0 Å². The lowest BCUT2D eigenvalue weighted by Crippen LogP contribution is -2.32. The Morgan fingerprint density at radius 2 is 2.12 bits per heavy atom. The monoisotopic (exact) mass is 223 g/mol. The summed E-state index contributed by atoms with van der Waals surface area (Å²) in [6.45, 7) is 3.64. The molecule has 1 aromatic heterocycles. The predicted molar refractivity (Wildman–Crippen MR) is 59.1 cm³/mol. The molecule has 5 heteroatoms. The zero-order chi connectivity index (χ0) is 11.7. The Bertz CT molecular complexity index is 394. The van der Waals surface area contributed by atoms with Crippen LogP contribution in [0.4, 0.5) is 0 Å². The van der Waals surface area contributed by atoms with Crippen LogP contribution in [0.15, 0.2) is 6.20 Å². The Hall–Kier alpha value is -1.36. The van der Waals surface area contributed by atoms with Crippen molar-refractivity contribution in [3.8, 4) is 0 Å². The summed E-state index contributed by atoms with van der Waals surface area (Å²) in [7, 11) is 1.84. The molecule has 5 nitrogen and oxygen atoms in total. The van der Waals surface area contributed by atoms with Gasteiger partial charge in [0, 0.05) is 18.3 Å². The molecule has 1 aliphatic rings. The summed E-state index contributed by atoms with van der Waals surface area (Å²) >= 11 is 0. The summed E-state index contributed by atoms with van der Waals surface area (Å²) in [6, 6.07) is -0.531. The molecule has 0 radical (unpaired) electrons. The summed E-state index contributed by atoms with van der Waals surface area (Å²) < 4.78 is 1.72. The average Bonchev–Trinajstić information content (AvgIpc) is 2.83. The third kappa shape index (κ3) is 1.82. The maximum atomic E-state index is 11.4. The van der Waals surface area contributed by atoms with E-state index in [0.29, 0.717) is 0 Å². The smallest absolute Gasteiger partial charge is 0.325 e. The SMILES string of the molecule is Cc1c(C(C(=O)O)N2CCCC2)cnn1C. The molecule has 2 heterocycles. The van der Waals surface area contributed by atoms with E-state index in [1.807, 2.05) is 18.9 Å².